The molecule has 12 heteroatoms. The average Bonchev–Trinajstić information content (AvgIpc) is 3.20. The molecule has 1 aliphatic rings. The van der Waals surface area contributed by atoms with Crippen LogP contribution >= 0.6 is 0 Å². The molecule has 0 saturated heterocycles. The molecule has 12 nitrogen and oxygen atoms in total. The summed E-state index contributed by atoms with van der Waals surface area (Å²) >= 11 is 0. The molecule has 1 aliphatic heterocycles. The van der Waals surface area contributed by atoms with E-state index in [1.165, 1.54) is 0 Å². The predicted octanol–water partition coefficient (Wildman–Crippen LogP) is 5.04. The van der Waals surface area contributed by atoms with Crippen molar-refractivity contribution >= 4 is 23.6 Å². The first-order valence-corrected chi connectivity index (χ1v) is 18.8. The Morgan fingerprint density at radius 3 is 2.27 bits per heavy atom. The third-order valence-corrected chi connectivity index (χ3v) is 9.01. The highest BCUT2D eigenvalue weighted by molar-refractivity contribution is 6.00. The maximum absolute atomic E-state index is 13.7. The van der Waals surface area contributed by atoms with Crippen molar-refractivity contribution in [2.75, 3.05) is 40.0 Å². The van der Waals surface area contributed by atoms with Crippen LogP contribution < -0.4 is 40.2 Å². The number of aryl methyl sites for hydroxylation is 1. The van der Waals surface area contributed by atoms with Crippen LogP contribution in [0.3, 0.4) is 0 Å². The van der Waals surface area contributed by atoms with Gasteiger partial charge in [0.05, 0.1) is 37.5 Å². The molecule has 5 rings (SSSR count). The third kappa shape index (κ3) is 12.2. The molecule has 0 radical (unpaired) electrons. The molecule has 0 bridgehead atoms. The second kappa shape index (κ2) is 21.0. The number of amides is 4. The summed E-state index contributed by atoms with van der Waals surface area (Å²) < 4.78 is 23.2. The van der Waals surface area contributed by atoms with Crippen LogP contribution in [-0.2, 0) is 22.4 Å². The molecule has 2 atom stereocenters. The van der Waals surface area contributed by atoms with E-state index < -0.39 is 23.9 Å². The number of carbonyl (C=O) groups excluding carboxylic acids is 4. The lowest BCUT2D eigenvalue weighted by Crippen LogP contribution is -2.48. The van der Waals surface area contributed by atoms with Crippen molar-refractivity contribution in [1.29, 1.82) is 0 Å². The summed E-state index contributed by atoms with van der Waals surface area (Å²) in [4.78, 5) is 54.0. The standard InChI is InChI=1S/C43H50N4O8/c1-3-53-38-22-20-31(28-39(38)52-2)15-11-24-45-43(51)35-21-23-40(48)46-32(27-30-13-5-4-6-14-30)29-55-37-19-10-7-16-33(37)41(49)44-25-12-26-54-36-18-9-8-17-34(36)42(50)47-35/h4-10,13-14,16-20,22,28,32,35H,3,11-12,15,21,23-27,29H2,1-2H3,(H,44,49)(H,45,51)(H,46,48)(H,47,50)/t32-,35+/m1/s1. The Labute approximate surface area is 322 Å². The summed E-state index contributed by atoms with van der Waals surface area (Å²) in [6.45, 7) is 3.43. The van der Waals surface area contributed by atoms with Crippen LogP contribution in [0.2, 0.25) is 0 Å². The van der Waals surface area contributed by atoms with Gasteiger partial charge in [-0.3, -0.25) is 19.2 Å². The van der Waals surface area contributed by atoms with E-state index in [2.05, 4.69) is 21.3 Å². The summed E-state index contributed by atoms with van der Waals surface area (Å²) in [7, 11) is 1.60. The summed E-state index contributed by atoms with van der Waals surface area (Å²) in [6.07, 6.45) is 2.25. The Bertz CT molecular complexity index is 1890. The van der Waals surface area contributed by atoms with Crippen molar-refractivity contribution in [3.63, 3.8) is 0 Å². The monoisotopic (exact) mass is 750 g/mol. The van der Waals surface area contributed by atoms with Gasteiger partial charge in [-0.2, -0.15) is 0 Å². The summed E-state index contributed by atoms with van der Waals surface area (Å²) in [5.41, 5.74) is 2.64. The van der Waals surface area contributed by atoms with Gasteiger partial charge in [0, 0.05) is 19.5 Å². The molecular formula is C43H50N4O8. The molecule has 1 heterocycles. The molecule has 290 valence electrons. The first kappa shape index (κ1) is 40.2. The fourth-order valence-corrected chi connectivity index (χ4v) is 6.20. The fourth-order valence-electron chi connectivity index (χ4n) is 6.20. The van der Waals surface area contributed by atoms with Gasteiger partial charge in [-0.1, -0.05) is 60.7 Å². The van der Waals surface area contributed by atoms with E-state index in [-0.39, 0.29) is 43.4 Å². The van der Waals surface area contributed by atoms with Gasteiger partial charge in [-0.15, -0.1) is 0 Å². The Balaban J connectivity index is 1.31. The highest BCUT2D eigenvalue weighted by Crippen LogP contribution is 2.28. The van der Waals surface area contributed by atoms with Gasteiger partial charge in [0.15, 0.2) is 11.5 Å². The van der Waals surface area contributed by atoms with Crippen molar-refractivity contribution in [2.24, 2.45) is 0 Å². The number of nitrogens with one attached hydrogen (secondary N) is 4. The normalized spacial score (nSPS) is 17.0. The van der Waals surface area contributed by atoms with Crippen molar-refractivity contribution in [3.05, 3.63) is 119 Å². The van der Waals surface area contributed by atoms with Crippen molar-refractivity contribution in [3.8, 4) is 23.0 Å². The van der Waals surface area contributed by atoms with Gasteiger partial charge in [0.1, 0.15) is 24.1 Å². The molecule has 4 amide bonds. The number of ether oxygens (including phenoxy) is 4. The minimum absolute atomic E-state index is 0.0461. The van der Waals surface area contributed by atoms with Crippen LogP contribution in [0.5, 0.6) is 23.0 Å². The van der Waals surface area contributed by atoms with Gasteiger partial charge >= 0.3 is 0 Å². The number of methoxy groups -OCH3 is 1. The molecule has 0 saturated carbocycles. The van der Waals surface area contributed by atoms with E-state index in [0.717, 1.165) is 11.1 Å². The van der Waals surface area contributed by atoms with E-state index >= 15 is 0 Å². The first-order chi connectivity index (χ1) is 26.8. The van der Waals surface area contributed by atoms with Gasteiger partial charge < -0.3 is 40.2 Å². The van der Waals surface area contributed by atoms with Crippen LogP contribution in [0.25, 0.3) is 0 Å². The quantitative estimate of drug-likeness (QED) is 0.165. The largest absolute Gasteiger partial charge is 0.493 e. The number of carbonyl (C=O) groups is 4. The molecule has 0 aromatic heterocycles. The molecule has 0 spiro atoms. The molecule has 4 N–H and O–H groups in total. The molecule has 0 aliphatic carbocycles. The zero-order valence-corrected chi connectivity index (χ0v) is 31.4. The SMILES string of the molecule is CCOc1ccc(CCCNC(=O)[C@@H]2CCC(=O)N[C@H](Cc3ccccc3)COc3ccccc3C(=O)NCCCOc3ccccc3C(=O)N2)cc1OC. The second-order valence-electron chi connectivity index (χ2n) is 13.1. The average molecular weight is 751 g/mol. The molecule has 55 heavy (non-hydrogen) atoms. The molecule has 4 aromatic carbocycles. The van der Waals surface area contributed by atoms with E-state index in [1.807, 2.05) is 55.5 Å². The van der Waals surface area contributed by atoms with Crippen molar-refractivity contribution in [2.45, 2.75) is 57.5 Å². The Kier molecular flexibility index (Phi) is 15.3. The van der Waals surface area contributed by atoms with Gasteiger partial charge in [0.2, 0.25) is 11.8 Å². The minimum atomic E-state index is -1.01. The summed E-state index contributed by atoms with van der Waals surface area (Å²) in [5.74, 6) is 0.530. The van der Waals surface area contributed by atoms with E-state index in [9.17, 15) is 19.2 Å². The van der Waals surface area contributed by atoms with Gasteiger partial charge in [-0.05, 0) is 86.6 Å². The number of hydrogen-bond acceptors (Lipinski definition) is 8. The topological polar surface area (TPSA) is 153 Å². The molecule has 4 aromatic rings. The van der Waals surface area contributed by atoms with Gasteiger partial charge in [0.25, 0.3) is 11.8 Å². The van der Waals surface area contributed by atoms with Crippen LogP contribution in [0.1, 0.15) is 64.4 Å². The zero-order chi connectivity index (χ0) is 38.8. The Hall–Kier alpha value is -6.04. The highest BCUT2D eigenvalue weighted by atomic mass is 16.5. The lowest BCUT2D eigenvalue weighted by molar-refractivity contribution is -0.124. The van der Waals surface area contributed by atoms with Crippen LogP contribution in [0.4, 0.5) is 0 Å². The van der Waals surface area contributed by atoms with Crippen LogP contribution in [0.15, 0.2) is 97.1 Å². The lowest BCUT2D eigenvalue weighted by atomic mass is 10.0. The van der Waals surface area contributed by atoms with E-state index in [0.29, 0.717) is 73.9 Å². The van der Waals surface area contributed by atoms with E-state index in [1.54, 1.807) is 55.6 Å². The van der Waals surface area contributed by atoms with Crippen molar-refractivity contribution in [1.82, 2.24) is 21.3 Å². The van der Waals surface area contributed by atoms with E-state index in [4.69, 9.17) is 18.9 Å². The number of hydrogen-bond donors (Lipinski definition) is 4. The van der Waals surface area contributed by atoms with Crippen LogP contribution in [0, 0.1) is 0 Å². The number of benzene rings is 4. The molecule has 0 unspecified atom stereocenters. The maximum atomic E-state index is 13.7. The Morgan fingerprint density at radius 1 is 0.818 bits per heavy atom. The van der Waals surface area contributed by atoms with Crippen molar-refractivity contribution < 1.29 is 38.1 Å². The Morgan fingerprint density at radius 2 is 1.53 bits per heavy atom. The first-order valence-electron chi connectivity index (χ1n) is 18.8. The molecule has 0 fully saturated rings. The predicted molar refractivity (Wildman–Crippen MR) is 209 cm³/mol. The third-order valence-electron chi connectivity index (χ3n) is 9.01. The summed E-state index contributed by atoms with van der Waals surface area (Å²) in [5, 5.41) is 11.8. The summed E-state index contributed by atoms with van der Waals surface area (Å²) in [6, 6.07) is 27.7. The zero-order valence-electron chi connectivity index (χ0n) is 31.4. The minimum Gasteiger partial charge on any atom is -0.493 e. The number of rotatable bonds is 10. The highest BCUT2D eigenvalue weighted by Gasteiger charge is 2.25. The maximum Gasteiger partial charge on any atom is 0.255 e. The smallest absolute Gasteiger partial charge is 0.255 e. The second-order valence-corrected chi connectivity index (χ2v) is 13.1. The molecular weight excluding hydrogens is 700 g/mol. The lowest BCUT2D eigenvalue weighted by Gasteiger charge is -2.22. The number of fused-ring (bicyclic) bond motifs is 2. The van der Waals surface area contributed by atoms with Crippen LogP contribution in [-0.4, -0.2) is 75.7 Å². The van der Waals surface area contributed by atoms with Gasteiger partial charge in [-0.25, -0.2) is 0 Å². The number of para-hydroxylation sites is 2. The fraction of sp³-hybridized carbons (Fsp3) is 0.349.